The van der Waals surface area contributed by atoms with Crippen molar-refractivity contribution >= 4 is 5.97 Å². The Morgan fingerprint density at radius 1 is 0.885 bits per heavy atom. The van der Waals surface area contributed by atoms with Gasteiger partial charge in [0, 0.05) is 11.6 Å². The number of hydrogen-bond donors (Lipinski definition) is 1. The zero-order valence-electron chi connectivity index (χ0n) is 27.8. The molecule has 0 fully saturated rings. The standard InChI is InChI=1S/C34H34F5N5O8/c1-2-9-50-21-6-7-22(24(17-21)34(37,38)39)26-18-29(52-43-26)31(33(46)51-16-15-49-14-13-48-12-11-47-10-8-45)44-20-28-27(19-40-44)41-32(42-28)23-4-3-5-25(35)30(23)36/h3-7,17-20,31,45H,2,8-16H2,1H3. The van der Waals surface area contributed by atoms with Crippen molar-refractivity contribution in [3.8, 4) is 39.8 Å². The first kappa shape index (κ1) is 38.2. The number of hydrogen-bond acceptors (Lipinski definition) is 12. The molecule has 0 aliphatic carbocycles. The summed E-state index contributed by atoms with van der Waals surface area (Å²) in [5, 5.41) is 16.8. The van der Waals surface area contributed by atoms with E-state index in [0.717, 1.165) is 22.9 Å². The second-order valence-electron chi connectivity index (χ2n) is 11.0. The van der Waals surface area contributed by atoms with Crippen LogP contribution in [-0.4, -0.2) is 95.4 Å². The maximum Gasteiger partial charge on any atom is 0.417 e. The van der Waals surface area contributed by atoms with Crippen LogP contribution in [0, 0.1) is 11.6 Å². The van der Waals surface area contributed by atoms with E-state index < -0.39 is 35.4 Å². The van der Waals surface area contributed by atoms with Gasteiger partial charge in [-0.2, -0.15) is 18.3 Å². The van der Waals surface area contributed by atoms with Crippen LogP contribution in [0.5, 0.6) is 5.75 Å². The molecule has 0 amide bonds. The van der Waals surface area contributed by atoms with Crippen molar-refractivity contribution in [1.29, 1.82) is 0 Å². The van der Waals surface area contributed by atoms with Crippen LogP contribution in [0.15, 0.2) is 59.4 Å². The Labute approximate surface area is 293 Å². The first-order valence-electron chi connectivity index (χ1n) is 16.1. The summed E-state index contributed by atoms with van der Waals surface area (Å²) in [4.78, 5) is 22.0. The lowest BCUT2D eigenvalue weighted by molar-refractivity contribution is -0.149. The van der Waals surface area contributed by atoms with Gasteiger partial charge in [0.15, 0.2) is 23.2 Å². The van der Waals surface area contributed by atoms with E-state index in [0.29, 0.717) is 19.6 Å². The third-order valence-electron chi connectivity index (χ3n) is 7.26. The molecule has 2 aromatic carbocycles. The summed E-state index contributed by atoms with van der Waals surface area (Å²) in [7, 11) is 0. The Morgan fingerprint density at radius 3 is 2.31 bits per heavy atom. The molecule has 278 valence electrons. The monoisotopic (exact) mass is 735 g/mol. The summed E-state index contributed by atoms with van der Waals surface area (Å²) in [6.07, 6.45) is -1.70. The van der Waals surface area contributed by atoms with Gasteiger partial charge in [0.1, 0.15) is 29.4 Å². The van der Waals surface area contributed by atoms with Crippen LogP contribution in [0.25, 0.3) is 34.0 Å². The van der Waals surface area contributed by atoms with Crippen LogP contribution >= 0.6 is 0 Å². The van der Waals surface area contributed by atoms with E-state index in [4.69, 9.17) is 33.3 Å². The Hall–Kier alpha value is -5.04. The van der Waals surface area contributed by atoms with Crippen molar-refractivity contribution in [2.75, 3.05) is 59.5 Å². The van der Waals surface area contributed by atoms with E-state index in [1.807, 2.05) is 6.92 Å². The number of carbonyl (C=O) groups excluding carboxylic acids is 1. The van der Waals surface area contributed by atoms with Crippen LogP contribution in [0.4, 0.5) is 22.0 Å². The molecule has 2 aliphatic heterocycles. The van der Waals surface area contributed by atoms with Gasteiger partial charge in [-0.05, 0) is 36.8 Å². The van der Waals surface area contributed by atoms with Gasteiger partial charge in [-0.25, -0.2) is 28.2 Å². The molecule has 0 spiro atoms. The number of benzene rings is 2. The lowest BCUT2D eigenvalue weighted by atomic mass is 10.0. The van der Waals surface area contributed by atoms with E-state index in [-0.39, 0.29) is 91.8 Å². The fourth-order valence-electron chi connectivity index (χ4n) is 4.85. The topological polar surface area (TPSA) is 153 Å². The number of ether oxygens (including phenoxy) is 5. The van der Waals surface area contributed by atoms with Gasteiger partial charge >= 0.3 is 12.1 Å². The van der Waals surface area contributed by atoms with Gasteiger partial charge in [-0.1, -0.05) is 18.1 Å². The number of aliphatic hydroxyl groups excluding tert-OH is 1. The molecule has 5 rings (SSSR count). The van der Waals surface area contributed by atoms with Crippen molar-refractivity contribution in [1.82, 2.24) is 24.9 Å². The molecule has 0 bridgehead atoms. The number of rotatable bonds is 19. The molecule has 18 heteroatoms. The van der Waals surface area contributed by atoms with Crippen molar-refractivity contribution in [2.45, 2.75) is 25.6 Å². The molecule has 1 atom stereocenters. The molecular formula is C34H34F5N5O8. The second-order valence-corrected chi connectivity index (χ2v) is 11.0. The average Bonchev–Trinajstić information content (AvgIpc) is 3.78. The number of aliphatic hydroxyl groups is 1. The highest BCUT2D eigenvalue weighted by molar-refractivity contribution is 5.78. The fraction of sp³-hybridized carbons (Fsp3) is 0.382. The van der Waals surface area contributed by atoms with Crippen LogP contribution in [0.1, 0.15) is 30.7 Å². The smallest absolute Gasteiger partial charge is 0.417 e. The number of nitrogens with zero attached hydrogens (tertiary/aromatic N) is 5. The Bertz CT molecular complexity index is 1880. The third kappa shape index (κ3) is 9.64. The average molecular weight is 736 g/mol. The van der Waals surface area contributed by atoms with Crippen LogP contribution in [-0.2, 0) is 29.9 Å². The highest BCUT2D eigenvalue weighted by atomic mass is 19.4. The zero-order chi connectivity index (χ0) is 37.1. The van der Waals surface area contributed by atoms with Crippen LogP contribution in [0.3, 0.4) is 0 Å². The van der Waals surface area contributed by atoms with E-state index in [2.05, 4.69) is 20.2 Å². The fourth-order valence-corrected chi connectivity index (χ4v) is 4.85. The highest BCUT2D eigenvalue weighted by Crippen LogP contribution is 2.40. The molecule has 1 unspecified atom stereocenters. The lowest BCUT2D eigenvalue weighted by Crippen LogP contribution is -2.26. The normalized spacial score (nSPS) is 12.4. The number of esters is 1. The first-order valence-corrected chi connectivity index (χ1v) is 16.1. The summed E-state index contributed by atoms with van der Waals surface area (Å²) >= 11 is 0. The first-order chi connectivity index (χ1) is 25.1. The van der Waals surface area contributed by atoms with Gasteiger partial charge in [0.2, 0.25) is 6.04 Å². The quantitative estimate of drug-likeness (QED) is 0.0660. The molecule has 0 saturated carbocycles. The molecule has 3 aromatic rings. The van der Waals surface area contributed by atoms with Crippen molar-refractivity contribution in [3.63, 3.8) is 0 Å². The number of fused-ring (bicyclic) bond motifs is 1. The minimum atomic E-state index is -4.78. The van der Waals surface area contributed by atoms with Gasteiger partial charge in [0.05, 0.1) is 76.4 Å². The van der Waals surface area contributed by atoms with Crippen molar-refractivity contribution in [2.24, 2.45) is 0 Å². The van der Waals surface area contributed by atoms with Crippen LogP contribution < -0.4 is 4.74 Å². The number of carbonyl (C=O) groups is 1. The van der Waals surface area contributed by atoms with E-state index in [9.17, 15) is 26.7 Å². The molecule has 1 aromatic heterocycles. The highest BCUT2D eigenvalue weighted by Gasteiger charge is 2.36. The molecule has 0 radical (unpaired) electrons. The SMILES string of the molecule is CCCOc1ccc(-c2cc(C(C(=O)OCCOCCOCCOCCO)n3cc4nc(-c5cccc(F)c5F)nc-4cn3)on2)c(C(F)(F)F)c1. The predicted octanol–water partition coefficient (Wildman–Crippen LogP) is 5.36. The van der Waals surface area contributed by atoms with E-state index in [1.54, 1.807) is 0 Å². The zero-order valence-corrected chi connectivity index (χ0v) is 27.8. The maximum absolute atomic E-state index is 14.5. The summed E-state index contributed by atoms with van der Waals surface area (Å²) in [5.74, 6) is -3.54. The number of aromatic nitrogens is 5. The third-order valence-corrected chi connectivity index (χ3v) is 7.26. The molecule has 52 heavy (non-hydrogen) atoms. The van der Waals surface area contributed by atoms with E-state index >= 15 is 0 Å². The number of imidazole rings is 1. The summed E-state index contributed by atoms with van der Waals surface area (Å²) in [5.41, 5.74) is -1.49. The van der Waals surface area contributed by atoms with Gasteiger partial charge < -0.3 is 33.3 Å². The van der Waals surface area contributed by atoms with Crippen LogP contribution in [0.2, 0.25) is 0 Å². The van der Waals surface area contributed by atoms with Gasteiger partial charge in [-0.15, -0.1) is 0 Å². The van der Waals surface area contributed by atoms with Crippen molar-refractivity contribution < 1.29 is 60.1 Å². The molecule has 13 nitrogen and oxygen atoms in total. The molecular weight excluding hydrogens is 701 g/mol. The Balaban J connectivity index is 1.39. The van der Waals surface area contributed by atoms with Gasteiger partial charge in [0.25, 0.3) is 0 Å². The maximum atomic E-state index is 14.5. The van der Waals surface area contributed by atoms with E-state index in [1.165, 1.54) is 36.7 Å². The largest absolute Gasteiger partial charge is 0.494 e. The van der Waals surface area contributed by atoms with Crippen molar-refractivity contribution in [3.05, 3.63) is 77.8 Å². The minimum Gasteiger partial charge on any atom is -0.494 e. The molecule has 0 saturated heterocycles. The number of alkyl halides is 3. The predicted molar refractivity (Wildman–Crippen MR) is 171 cm³/mol. The molecule has 3 heterocycles. The Morgan fingerprint density at radius 2 is 1.60 bits per heavy atom. The minimum absolute atomic E-state index is 0.0188. The Kier molecular flexibility index (Phi) is 13.2. The summed E-state index contributed by atoms with van der Waals surface area (Å²) < 4.78 is 104. The van der Waals surface area contributed by atoms with Gasteiger partial charge in [-0.3, -0.25) is 0 Å². The number of halogens is 5. The summed E-state index contributed by atoms with van der Waals surface area (Å²) in [6.45, 7) is 2.89. The second kappa shape index (κ2) is 17.9. The summed E-state index contributed by atoms with van der Waals surface area (Å²) in [6, 6.07) is 6.59. The molecule has 1 N–H and O–H groups in total. The molecule has 2 aliphatic rings. The lowest BCUT2D eigenvalue weighted by Gasteiger charge is -2.16.